The Balaban J connectivity index is 1.61. The van der Waals surface area contributed by atoms with Crippen LogP contribution in [-0.2, 0) is 0 Å². The maximum absolute atomic E-state index is 13.9. The molecular weight excluding hydrogens is 321 g/mol. The van der Waals surface area contributed by atoms with E-state index in [1.807, 2.05) is 0 Å². The number of hydrogen-bond donors (Lipinski definition) is 0. The molecule has 0 spiro atoms. The molecule has 0 bridgehead atoms. The molecule has 0 radical (unpaired) electrons. The van der Waals surface area contributed by atoms with Gasteiger partial charge in [0, 0.05) is 0 Å². The Bertz CT molecular complexity index is 546. The van der Waals surface area contributed by atoms with Crippen molar-refractivity contribution in [2.75, 3.05) is 0 Å². The second kappa shape index (κ2) is 8.60. The van der Waals surface area contributed by atoms with Crippen LogP contribution in [0.15, 0.2) is 18.2 Å². The zero-order valence-corrected chi connectivity index (χ0v) is 15.3. The van der Waals surface area contributed by atoms with Crippen LogP contribution >= 0.6 is 0 Å². The molecule has 3 heteroatoms. The zero-order chi connectivity index (χ0) is 17.8. The van der Waals surface area contributed by atoms with E-state index in [2.05, 4.69) is 6.92 Å². The summed E-state index contributed by atoms with van der Waals surface area (Å²) in [5, 5.41) is 0. The molecule has 0 aromatic heterocycles. The van der Waals surface area contributed by atoms with E-state index in [-0.39, 0.29) is 0 Å². The first-order valence-electron chi connectivity index (χ1n) is 10.2. The highest BCUT2D eigenvalue weighted by Crippen LogP contribution is 2.45. The molecule has 2 aliphatic rings. The Morgan fingerprint density at radius 2 is 1.76 bits per heavy atom. The van der Waals surface area contributed by atoms with Crippen LogP contribution in [0.1, 0.15) is 94.6 Å². The van der Waals surface area contributed by atoms with Crippen molar-refractivity contribution in [3.8, 4) is 0 Å². The van der Waals surface area contributed by atoms with E-state index in [1.54, 1.807) is 6.07 Å². The van der Waals surface area contributed by atoms with Gasteiger partial charge >= 0.3 is 0 Å². The number of alkyl halides is 2. The molecule has 0 aliphatic heterocycles. The zero-order valence-electron chi connectivity index (χ0n) is 15.3. The van der Waals surface area contributed by atoms with Crippen LogP contribution in [-0.4, -0.2) is 0 Å². The van der Waals surface area contributed by atoms with Crippen molar-refractivity contribution < 1.29 is 13.2 Å². The smallest absolute Gasteiger partial charge is 0.206 e. The van der Waals surface area contributed by atoms with Crippen molar-refractivity contribution >= 4 is 0 Å². The Labute approximate surface area is 150 Å². The average molecular weight is 352 g/mol. The molecule has 0 nitrogen and oxygen atoms in total. The lowest BCUT2D eigenvalue weighted by molar-refractivity contribution is 0.146. The van der Waals surface area contributed by atoms with E-state index >= 15 is 0 Å². The molecule has 140 valence electrons. The number of benzene rings is 1. The number of hydrogen-bond acceptors (Lipinski definition) is 0. The minimum Gasteiger partial charge on any atom is -0.206 e. The van der Waals surface area contributed by atoms with Crippen molar-refractivity contribution in [2.24, 2.45) is 17.8 Å². The molecule has 0 amide bonds. The van der Waals surface area contributed by atoms with Crippen molar-refractivity contribution in [2.45, 2.75) is 83.5 Å². The number of halogens is 3. The molecule has 1 aromatic carbocycles. The molecule has 2 fully saturated rings. The second-order valence-corrected chi connectivity index (χ2v) is 8.27. The summed E-state index contributed by atoms with van der Waals surface area (Å²) in [5.41, 5.74) is 0.455. The molecular formula is C22H31F3. The van der Waals surface area contributed by atoms with Crippen LogP contribution in [0, 0.1) is 23.6 Å². The van der Waals surface area contributed by atoms with Gasteiger partial charge in [0.2, 0.25) is 0 Å². The summed E-state index contributed by atoms with van der Waals surface area (Å²) < 4.78 is 39.4. The monoisotopic (exact) mass is 352 g/mol. The van der Waals surface area contributed by atoms with E-state index in [9.17, 15) is 13.2 Å². The van der Waals surface area contributed by atoms with Gasteiger partial charge < -0.3 is 0 Å². The Kier molecular flexibility index (Phi) is 6.46. The lowest BCUT2D eigenvalue weighted by atomic mass is 9.67. The van der Waals surface area contributed by atoms with Gasteiger partial charge in [0.25, 0.3) is 6.43 Å². The van der Waals surface area contributed by atoms with E-state index in [1.165, 1.54) is 63.5 Å². The highest BCUT2D eigenvalue weighted by atomic mass is 19.3. The quantitative estimate of drug-likeness (QED) is 0.510. The van der Waals surface area contributed by atoms with Crippen LogP contribution in [0.2, 0.25) is 0 Å². The first kappa shape index (κ1) is 18.8. The van der Waals surface area contributed by atoms with Crippen molar-refractivity contribution in [3.63, 3.8) is 0 Å². The minimum absolute atomic E-state index is 0.341. The second-order valence-electron chi connectivity index (χ2n) is 8.27. The standard InChI is InChI=1S/C22H31F3/c1-2-4-15-7-9-16(10-8-15)17-5-3-6-18(13-17)19-11-12-20(22(24)25)21(23)14-19/h11-12,14-18,22H,2-10,13H2,1H3/t15-,16-,17?,18-/m0/s1. The average Bonchev–Trinajstić information content (AvgIpc) is 2.62. The van der Waals surface area contributed by atoms with E-state index in [0.717, 1.165) is 36.2 Å². The topological polar surface area (TPSA) is 0 Å². The maximum atomic E-state index is 13.9. The first-order valence-corrected chi connectivity index (χ1v) is 10.2. The highest BCUT2D eigenvalue weighted by Gasteiger charge is 2.32. The summed E-state index contributed by atoms with van der Waals surface area (Å²) in [5.74, 6) is 2.08. The van der Waals surface area contributed by atoms with Gasteiger partial charge in [0.15, 0.2) is 0 Å². The molecule has 25 heavy (non-hydrogen) atoms. The number of rotatable bonds is 5. The lowest BCUT2D eigenvalue weighted by Gasteiger charge is -2.38. The van der Waals surface area contributed by atoms with E-state index in [0.29, 0.717) is 5.92 Å². The fraction of sp³-hybridized carbons (Fsp3) is 0.727. The summed E-state index contributed by atoms with van der Waals surface area (Å²) in [4.78, 5) is 0. The van der Waals surface area contributed by atoms with Crippen LogP contribution < -0.4 is 0 Å². The van der Waals surface area contributed by atoms with Crippen molar-refractivity contribution in [1.82, 2.24) is 0 Å². The Hall–Kier alpha value is -0.990. The highest BCUT2D eigenvalue weighted by molar-refractivity contribution is 5.28. The summed E-state index contributed by atoms with van der Waals surface area (Å²) in [7, 11) is 0. The molecule has 3 rings (SSSR count). The largest absolute Gasteiger partial charge is 0.266 e. The van der Waals surface area contributed by atoms with Crippen molar-refractivity contribution in [3.05, 3.63) is 35.1 Å². The van der Waals surface area contributed by atoms with Crippen LogP contribution in [0.3, 0.4) is 0 Å². The summed E-state index contributed by atoms with van der Waals surface area (Å²) >= 11 is 0. The minimum atomic E-state index is -2.73. The molecule has 2 atom stereocenters. The van der Waals surface area contributed by atoms with Crippen molar-refractivity contribution in [1.29, 1.82) is 0 Å². The van der Waals surface area contributed by atoms with Gasteiger partial charge in [0.05, 0.1) is 5.56 Å². The third-order valence-electron chi connectivity index (χ3n) is 6.70. The van der Waals surface area contributed by atoms with Gasteiger partial charge in [0.1, 0.15) is 5.82 Å². The van der Waals surface area contributed by atoms with Gasteiger partial charge in [-0.15, -0.1) is 0 Å². The molecule has 2 aliphatic carbocycles. The van der Waals surface area contributed by atoms with Gasteiger partial charge in [-0.2, -0.15) is 0 Å². The predicted molar refractivity (Wildman–Crippen MR) is 96.4 cm³/mol. The Morgan fingerprint density at radius 1 is 1.00 bits per heavy atom. The molecule has 1 aromatic rings. The summed E-state index contributed by atoms with van der Waals surface area (Å²) in [6, 6.07) is 4.39. The van der Waals surface area contributed by atoms with E-state index in [4.69, 9.17) is 0 Å². The predicted octanol–water partition coefficient (Wildman–Crippen LogP) is 7.64. The first-order chi connectivity index (χ1) is 12.1. The fourth-order valence-electron chi connectivity index (χ4n) is 5.29. The molecule has 0 N–H and O–H groups in total. The normalized spacial score (nSPS) is 30.6. The third-order valence-corrected chi connectivity index (χ3v) is 6.70. The lowest BCUT2D eigenvalue weighted by Crippen LogP contribution is -2.26. The fourth-order valence-corrected chi connectivity index (χ4v) is 5.29. The molecule has 1 unspecified atom stereocenters. The van der Waals surface area contributed by atoms with Crippen LogP contribution in [0.5, 0.6) is 0 Å². The molecule has 0 saturated heterocycles. The van der Waals surface area contributed by atoms with Gasteiger partial charge in [-0.3, -0.25) is 0 Å². The molecule has 0 heterocycles. The van der Waals surface area contributed by atoms with Gasteiger partial charge in [-0.25, -0.2) is 13.2 Å². The van der Waals surface area contributed by atoms with Crippen LogP contribution in [0.4, 0.5) is 13.2 Å². The van der Waals surface area contributed by atoms with Gasteiger partial charge in [-0.1, -0.05) is 57.6 Å². The van der Waals surface area contributed by atoms with Crippen LogP contribution in [0.25, 0.3) is 0 Å². The SMILES string of the molecule is CCC[C@H]1CC[C@H](C2CCC[C@H](c3ccc(C(F)F)c(F)c3)C2)CC1. The molecule has 2 saturated carbocycles. The van der Waals surface area contributed by atoms with Gasteiger partial charge in [-0.05, 0) is 61.0 Å². The Morgan fingerprint density at radius 3 is 2.40 bits per heavy atom. The van der Waals surface area contributed by atoms with E-state index < -0.39 is 17.8 Å². The summed E-state index contributed by atoms with van der Waals surface area (Å²) in [6.07, 6.45) is 10.0. The summed E-state index contributed by atoms with van der Waals surface area (Å²) in [6.45, 7) is 2.27. The third kappa shape index (κ3) is 4.60. The maximum Gasteiger partial charge on any atom is 0.266 e.